The smallest absolute Gasteiger partial charge is 0.253 e. The van der Waals surface area contributed by atoms with Crippen LogP contribution in [0.4, 0.5) is 5.69 Å². The quantitative estimate of drug-likeness (QED) is 0.332. The maximum atomic E-state index is 14.7. The van der Waals surface area contributed by atoms with E-state index in [1.807, 2.05) is 59.5 Å². The minimum Gasteiger partial charge on any atom is -0.351 e. The molecular formula is C38H45N5O4. The van der Waals surface area contributed by atoms with Gasteiger partial charge in [-0.2, -0.15) is 0 Å². The van der Waals surface area contributed by atoms with Gasteiger partial charge >= 0.3 is 0 Å². The van der Waals surface area contributed by atoms with Crippen LogP contribution in [0.1, 0.15) is 80.4 Å². The second kappa shape index (κ2) is 14.8. The van der Waals surface area contributed by atoms with Gasteiger partial charge in [-0.05, 0) is 79.5 Å². The topological polar surface area (TPSA) is 103 Å². The van der Waals surface area contributed by atoms with Crippen molar-refractivity contribution in [2.24, 2.45) is 0 Å². The van der Waals surface area contributed by atoms with Gasteiger partial charge in [0.15, 0.2) is 0 Å². The van der Waals surface area contributed by atoms with Crippen LogP contribution in [-0.2, 0) is 19.8 Å². The fraction of sp³-hybridized carbons (Fsp3) is 0.395. The molecule has 47 heavy (non-hydrogen) atoms. The molecule has 2 saturated heterocycles. The number of benzene rings is 2. The first-order chi connectivity index (χ1) is 22.6. The van der Waals surface area contributed by atoms with Crippen molar-refractivity contribution in [3.63, 3.8) is 0 Å². The highest BCUT2D eigenvalue weighted by Gasteiger charge is 2.41. The van der Waals surface area contributed by atoms with Crippen LogP contribution in [0.25, 0.3) is 0 Å². The monoisotopic (exact) mass is 635 g/mol. The molecule has 1 aromatic heterocycles. The third-order valence-electron chi connectivity index (χ3n) is 9.15. The molecule has 2 aliphatic heterocycles. The largest absolute Gasteiger partial charge is 0.351 e. The predicted octanol–water partition coefficient (Wildman–Crippen LogP) is 5.44. The van der Waals surface area contributed by atoms with Gasteiger partial charge < -0.3 is 15.1 Å². The third-order valence-corrected chi connectivity index (χ3v) is 9.15. The van der Waals surface area contributed by atoms with E-state index in [2.05, 4.69) is 37.7 Å². The molecule has 3 aromatic rings. The molecule has 4 amide bonds. The van der Waals surface area contributed by atoms with E-state index in [-0.39, 0.29) is 35.1 Å². The number of nitrogens with one attached hydrogen (secondary N) is 1. The Hall–Kier alpha value is -4.79. The molecule has 3 heterocycles. The zero-order chi connectivity index (χ0) is 33.6. The second-order valence-electron chi connectivity index (χ2n) is 13.4. The standard InChI is InChI=1S/C38H45N5O4/c1-5-33(44)42-23-10-9-15-32(42)37(47)43(31-18-16-29(17-19-31)38(2,3)4)34(28-14-11-22-39-26-28)35(45)40-30-20-24-41(25-21-30)36(46)27-12-7-6-8-13-27/h5-8,11-14,16-19,22,26,30,32,34H,1,9-10,15,20-21,23-25H2,2-4H3,(H,40,45). The van der Waals surface area contributed by atoms with E-state index in [9.17, 15) is 19.2 Å². The van der Waals surface area contributed by atoms with Crippen molar-refractivity contribution in [1.29, 1.82) is 0 Å². The number of amides is 4. The summed E-state index contributed by atoms with van der Waals surface area (Å²) in [6.07, 6.45) is 7.74. The minimum absolute atomic E-state index is 0.0230. The van der Waals surface area contributed by atoms with E-state index in [1.54, 1.807) is 34.3 Å². The third kappa shape index (κ3) is 7.79. The molecule has 2 aliphatic rings. The molecule has 9 heteroatoms. The molecule has 2 atom stereocenters. The molecule has 0 bridgehead atoms. The van der Waals surface area contributed by atoms with Crippen LogP contribution in [0.5, 0.6) is 0 Å². The van der Waals surface area contributed by atoms with Crippen molar-refractivity contribution in [3.8, 4) is 0 Å². The van der Waals surface area contributed by atoms with E-state index in [1.165, 1.54) is 6.08 Å². The van der Waals surface area contributed by atoms with E-state index in [4.69, 9.17) is 0 Å². The van der Waals surface area contributed by atoms with Gasteiger partial charge in [0.1, 0.15) is 12.1 Å². The Morgan fingerprint density at radius 3 is 2.23 bits per heavy atom. The van der Waals surface area contributed by atoms with Gasteiger partial charge in [0.2, 0.25) is 11.8 Å². The zero-order valence-electron chi connectivity index (χ0n) is 27.6. The average Bonchev–Trinajstić information content (AvgIpc) is 3.10. The Balaban J connectivity index is 1.46. The summed E-state index contributed by atoms with van der Waals surface area (Å²) in [6, 6.07) is 18.5. The first kappa shape index (κ1) is 33.6. The number of pyridine rings is 1. The number of rotatable bonds is 8. The number of piperidine rings is 2. The molecule has 2 unspecified atom stereocenters. The molecular weight excluding hydrogens is 590 g/mol. The Bertz CT molecular complexity index is 1560. The lowest BCUT2D eigenvalue weighted by Crippen LogP contribution is -2.56. The molecule has 9 nitrogen and oxygen atoms in total. The minimum atomic E-state index is -1.04. The summed E-state index contributed by atoms with van der Waals surface area (Å²) in [4.78, 5) is 64.4. The highest BCUT2D eigenvalue weighted by Crippen LogP contribution is 2.33. The number of carbonyl (C=O) groups is 4. The van der Waals surface area contributed by atoms with E-state index >= 15 is 0 Å². The number of likely N-dealkylation sites (tertiary alicyclic amines) is 2. The molecule has 5 rings (SSSR count). The lowest BCUT2D eigenvalue weighted by atomic mass is 9.87. The van der Waals surface area contributed by atoms with Crippen molar-refractivity contribution in [1.82, 2.24) is 20.1 Å². The molecule has 0 radical (unpaired) electrons. The van der Waals surface area contributed by atoms with Gasteiger partial charge in [0, 0.05) is 54.9 Å². The summed E-state index contributed by atoms with van der Waals surface area (Å²) < 4.78 is 0. The van der Waals surface area contributed by atoms with Gasteiger partial charge in [-0.15, -0.1) is 0 Å². The van der Waals surface area contributed by atoms with E-state index < -0.39 is 12.1 Å². The number of anilines is 1. The second-order valence-corrected chi connectivity index (χ2v) is 13.4. The first-order valence-electron chi connectivity index (χ1n) is 16.5. The average molecular weight is 636 g/mol. The summed E-state index contributed by atoms with van der Waals surface area (Å²) in [6.45, 7) is 11.5. The first-order valence-corrected chi connectivity index (χ1v) is 16.5. The van der Waals surface area contributed by atoms with Crippen molar-refractivity contribution in [2.45, 2.75) is 76.4 Å². The van der Waals surface area contributed by atoms with Crippen LogP contribution in [-0.4, -0.2) is 70.1 Å². The number of hydrogen-bond acceptors (Lipinski definition) is 5. The molecule has 246 valence electrons. The van der Waals surface area contributed by atoms with Crippen molar-refractivity contribution >= 4 is 29.3 Å². The Morgan fingerprint density at radius 2 is 1.62 bits per heavy atom. The summed E-state index contributed by atoms with van der Waals surface area (Å²) in [5.74, 6) is -0.984. The van der Waals surface area contributed by atoms with Crippen molar-refractivity contribution in [3.05, 3.63) is 108 Å². The number of nitrogens with zero attached hydrogens (tertiary/aromatic N) is 4. The predicted molar refractivity (Wildman–Crippen MR) is 183 cm³/mol. The van der Waals surface area contributed by atoms with Crippen LogP contribution in [0, 0.1) is 0 Å². The Kier molecular flexibility index (Phi) is 10.5. The summed E-state index contributed by atoms with van der Waals surface area (Å²) in [5, 5.41) is 3.21. The lowest BCUT2D eigenvalue weighted by Gasteiger charge is -2.40. The number of aromatic nitrogens is 1. The molecule has 2 fully saturated rings. The number of hydrogen-bond donors (Lipinski definition) is 1. The van der Waals surface area contributed by atoms with Gasteiger partial charge in [-0.1, -0.05) is 63.7 Å². The lowest BCUT2D eigenvalue weighted by molar-refractivity contribution is -0.138. The van der Waals surface area contributed by atoms with Crippen LogP contribution < -0.4 is 10.2 Å². The van der Waals surface area contributed by atoms with Crippen molar-refractivity contribution in [2.75, 3.05) is 24.5 Å². The normalized spacial score (nSPS) is 17.8. The van der Waals surface area contributed by atoms with Crippen LogP contribution in [0.2, 0.25) is 0 Å². The summed E-state index contributed by atoms with van der Waals surface area (Å²) in [7, 11) is 0. The van der Waals surface area contributed by atoms with Gasteiger partial charge in [-0.3, -0.25) is 29.1 Å². The fourth-order valence-electron chi connectivity index (χ4n) is 6.48. The highest BCUT2D eigenvalue weighted by atomic mass is 16.2. The van der Waals surface area contributed by atoms with Gasteiger partial charge in [0.25, 0.3) is 11.8 Å². The highest BCUT2D eigenvalue weighted by molar-refractivity contribution is 6.05. The molecule has 0 saturated carbocycles. The fourth-order valence-corrected chi connectivity index (χ4v) is 6.48. The summed E-state index contributed by atoms with van der Waals surface area (Å²) >= 11 is 0. The number of carbonyl (C=O) groups excluding carboxylic acids is 4. The van der Waals surface area contributed by atoms with E-state index in [0.29, 0.717) is 55.7 Å². The van der Waals surface area contributed by atoms with E-state index in [0.717, 1.165) is 18.4 Å². The molecule has 1 N–H and O–H groups in total. The zero-order valence-corrected chi connectivity index (χ0v) is 27.6. The SMILES string of the molecule is C=CC(=O)N1CCCCC1C(=O)N(c1ccc(C(C)(C)C)cc1)C(C(=O)NC1CCN(C(=O)c2ccccc2)CC1)c1cccnc1. The van der Waals surface area contributed by atoms with Crippen LogP contribution >= 0.6 is 0 Å². The van der Waals surface area contributed by atoms with Gasteiger partial charge in [-0.25, -0.2) is 0 Å². The Morgan fingerprint density at radius 1 is 0.915 bits per heavy atom. The van der Waals surface area contributed by atoms with Crippen LogP contribution in [0.3, 0.4) is 0 Å². The summed E-state index contributed by atoms with van der Waals surface area (Å²) in [5.41, 5.74) is 2.75. The molecule has 0 aliphatic carbocycles. The molecule has 0 spiro atoms. The Labute approximate surface area is 277 Å². The van der Waals surface area contributed by atoms with Crippen molar-refractivity contribution < 1.29 is 19.2 Å². The van der Waals surface area contributed by atoms with Crippen LogP contribution in [0.15, 0.2) is 91.8 Å². The maximum absolute atomic E-state index is 14.7. The maximum Gasteiger partial charge on any atom is 0.253 e. The molecule has 2 aromatic carbocycles. The van der Waals surface area contributed by atoms with Gasteiger partial charge in [0.05, 0.1) is 0 Å².